The number of halogens is 1. The van der Waals surface area contributed by atoms with E-state index < -0.39 is 0 Å². The Bertz CT molecular complexity index is 366. The Balaban J connectivity index is 2.07. The molecule has 0 aromatic carbocycles. The molecule has 3 nitrogen and oxygen atoms in total. The molecule has 2 heterocycles. The second-order valence-corrected chi connectivity index (χ2v) is 6.38. The average Bonchev–Trinajstić information content (AvgIpc) is 2.64. The average molecular weight is 337 g/mol. The van der Waals surface area contributed by atoms with Gasteiger partial charge in [0.1, 0.15) is 0 Å². The molecule has 1 atom stereocenters. The molecule has 82 valence electrons. The van der Waals surface area contributed by atoms with Gasteiger partial charge in [-0.1, -0.05) is 0 Å². The lowest BCUT2D eigenvalue weighted by atomic mass is 10.2. The summed E-state index contributed by atoms with van der Waals surface area (Å²) in [6.45, 7) is 4.05. The van der Waals surface area contributed by atoms with Gasteiger partial charge in [0.2, 0.25) is 0 Å². The van der Waals surface area contributed by atoms with Crippen LogP contribution in [0.1, 0.15) is 17.3 Å². The Kier molecular flexibility index (Phi) is 3.63. The van der Waals surface area contributed by atoms with Crippen LogP contribution in [-0.2, 0) is 4.74 Å². The molecule has 1 saturated heterocycles. The molecule has 1 aromatic rings. The Hall–Kier alpha value is -0.140. The summed E-state index contributed by atoms with van der Waals surface area (Å²) < 4.78 is 6.56. The van der Waals surface area contributed by atoms with Gasteiger partial charge in [-0.15, -0.1) is 11.3 Å². The number of ether oxygens (including phenoxy) is 1. The molecule has 0 bridgehead atoms. The summed E-state index contributed by atoms with van der Waals surface area (Å²) in [5.41, 5.74) is 0.804. The molecule has 0 aliphatic carbocycles. The first-order chi connectivity index (χ1) is 7.16. The van der Waals surface area contributed by atoms with Crippen LogP contribution in [0.3, 0.4) is 0 Å². The number of carbonyl (C=O) groups excluding carboxylic acids is 1. The molecule has 1 amide bonds. The van der Waals surface area contributed by atoms with Crippen molar-refractivity contribution in [1.29, 1.82) is 0 Å². The number of hydrogen-bond donors (Lipinski definition) is 0. The molecule has 5 heteroatoms. The number of morpholine rings is 1. The van der Waals surface area contributed by atoms with Gasteiger partial charge in [0.25, 0.3) is 5.91 Å². The van der Waals surface area contributed by atoms with Crippen LogP contribution in [-0.4, -0.2) is 36.6 Å². The highest BCUT2D eigenvalue weighted by Crippen LogP contribution is 2.19. The van der Waals surface area contributed by atoms with Crippen molar-refractivity contribution < 1.29 is 9.53 Å². The maximum atomic E-state index is 12.0. The number of amides is 1. The smallest absolute Gasteiger partial charge is 0.254 e. The van der Waals surface area contributed by atoms with Crippen molar-refractivity contribution in [3.05, 3.63) is 19.9 Å². The minimum absolute atomic E-state index is 0.129. The molecule has 0 radical (unpaired) electrons. The maximum absolute atomic E-state index is 12.0. The topological polar surface area (TPSA) is 29.5 Å². The van der Waals surface area contributed by atoms with Crippen molar-refractivity contribution in [1.82, 2.24) is 4.90 Å². The van der Waals surface area contributed by atoms with Crippen LogP contribution in [0.25, 0.3) is 0 Å². The first-order valence-corrected chi connectivity index (χ1v) is 6.77. The highest BCUT2D eigenvalue weighted by atomic mass is 127. The zero-order chi connectivity index (χ0) is 10.8. The first kappa shape index (κ1) is 11.3. The van der Waals surface area contributed by atoms with Gasteiger partial charge < -0.3 is 9.64 Å². The van der Waals surface area contributed by atoms with E-state index in [2.05, 4.69) is 22.6 Å². The third kappa shape index (κ3) is 2.70. The van der Waals surface area contributed by atoms with E-state index in [0.717, 1.165) is 8.45 Å². The number of thiophene rings is 1. The van der Waals surface area contributed by atoms with Crippen LogP contribution in [0.5, 0.6) is 0 Å². The Morgan fingerprint density at radius 2 is 2.53 bits per heavy atom. The molecule has 1 unspecified atom stereocenters. The van der Waals surface area contributed by atoms with Crippen molar-refractivity contribution >= 4 is 39.8 Å². The zero-order valence-corrected chi connectivity index (χ0v) is 11.4. The normalized spacial score (nSPS) is 21.7. The lowest BCUT2D eigenvalue weighted by Gasteiger charge is -2.30. The molecule has 0 spiro atoms. The fourth-order valence-electron chi connectivity index (χ4n) is 1.61. The minimum atomic E-state index is 0.129. The van der Waals surface area contributed by atoms with E-state index in [9.17, 15) is 4.79 Å². The zero-order valence-electron chi connectivity index (χ0n) is 8.40. The van der Waals surface area contributed by atoms with Gasteiger partial charge in [-0.3, -0.25) is 4.79 Å². The van der Waals surface area contributed by atoms with Gasteiger partial charge in [0.05, 0.1) is 21.2 Å². The molecule has 2 rings (SSSR count). The third-order valence-electron chi connectivity index (χ3n) is 2.34. The van der Waals surface area contributed by atoms with Crippen LogP contribution < -0.4 is 0 Å². The number of nitrogens with zero attached hydrogens (tertiary/aromatic N) is 1. The summed E-state index contributed by atoms with van der Waals surface area (Å²) >= 11 is 3.84. The second-order valence-electron chi connectivity index (χ2n) is 3.57. The summed E-state index contributed by atoms with van der Waals surface area (Å²) in [6.07, 6.45) is 0.153. The third-order valence-corrected chi connectivity index (χ3v) is 4.13. The monoisotopic (exact) mass is 337 g/mol. The second kappa shape index (κ2) is 4.80. The van der Waals surface area contributed by atoms with Crippen molar-refractivity contribution in [2.24, 2.45) is 0 Å². The van der Waals surface area contributed by atoms with E-state index in [1.54, 1.807) is 11.3 Å². The minimum Gasteiger partial charge on any atom is -0.375 e. The van der Waals surface area contributed by atoms with Crippen LogP contribution in [0.4, 0.5) is 0 Å². The highest BCUT2D eigenvalue weighted by Gasteiger charge is 2.22. The largest absolute Gasteiger partial charge is 0.375 e. The Morgan fingerprint density at radius 3 is 3.13 bits per heavy atom. The highest BCUT2D eigenvalue weighted by molar-refractivity contribution is 14.1. The fourth-order valence-corrected chi connectivity index (χ4v) is 2.93. The number of rotatable bonds is 1. The summed E-state index contributed by atoms with van der Waals surface area (Å²) in [5.74, 6) is 0.129. The molecule has 1 aliphatic rings. The number of hydrogen-bond acceptors (Lipinski definition) is 3. The van der Waals surface area contributed by atoms with Gasteiger partial charge in [-0.25, -0.2) is 0 Å². The quantitative estimate of drug-likeness (QED) is 0.736. The van der Waals surface area contributed by atoms with E-state index in [-0.39, 0.29) is 12.0 Å². The summed E-state index contributed by atoms with van der Waals surface area (Å²) in [4.78, 5) is 13.9. The van der Waals surface area contributed by atoms with Gasteiger partial charge in [0.15, 0.2) is 0 Å². The first-order valence-electron chi connectivity index (χ1n) is 4.81. The van der Waals surface area contributed by atoms with E-state index in [1.807, 2.05) is 23.3 Å². The lowest BCUT2D eigenvalue weighted by molar-refractivity contribution is -0.0124. The molecule has 1 aliphatic heterocycles. The van der Waals surface area contributed by atoms with Crippen LogP contribution in [0.2, 0.25) is 0 Å². The van der Waals surface area contributed by atoms with E-state index >= 15 is 0 Å². The summed E-state index contributed by atoms with van der Waals surface area (Å²) in [5, 5.41) is 1.92. The predicted octanol–water partition coefficient (Wildman–Crippen LogP) is 2.21. The molecular formula is C10H12INO2S. The van der Waals surface area contributed by atoms with Gasteiger partial charge >= 0.3 is 0 Å². The van der Waals surface area contributed by atoms with Crippen LogP contribution in [0.15, 0.2) is 11.4 Å². The molecule has 15 heavy (non-hydrogen) atoms. The lowest BCUT2D eigenvalue weighted by Crippen LogP contribution is -2.44. The number of carbonyl (C=O) groups is 1. The van der Waals surface area contributed by atoms with Gasteiger partial charge in [-0.2, -0.15) is 0 Å². The fraction of sp³-hybridized carbons (Fsp3) is 0.500. The van der Waals surface area contributed by atoms with Crippen LogP contribution >= 0.6 is 33.9 Å². The molecule has 0 saturated carbocycles. The van der Waals surface area contributed by atoms with E-state index in [4.69, 9.17) is 4.74 Å². The predicted molar refractivity (Wildman–Crippen MR) is 68.4 cm³/mol. The Morgan fingerprint density at radius 1 is 1.73 bits per heavy atom. The van der Waals surface area contributed by atoms with Crippen molar-refractivity contribution in [3.8, 4) is 0 Å². The maximum Gasteiger partial charge on any atom is 0.254 e. The van der Waals surface area contributed by atoms with Crippen molar-refractivity contribution in [3.63, 3.8) is 0 Å². The van der Waals surface area contributed by atoms with Crippen molar-refractivity contribution in [2.75, 3.05) is 19.7 Å². The summed E-state index contributed by atoms with van der Waals surface area (Å²) in [7, 11) is 0. The van der Waals surface area contributed by atoms with Crippen LogP contribution in [0, 0.1) is 2.88 Å². The summed E-state index contributed by atoms with van der Waals surface area (Å²) in [6, 6.07) is 1.94. The molecule has 1 fully saturated rings. The van der Waals surface area contributed by atoms with E-state index in [1.165, 1.54) is 0 Å². The SMILES string of the molecule is CC1CN(C(=O)c2csc(I)c2)CCO1. The van der Waals surface area contributed by atoms with Gasteiger partial charge in [-0.05, 0) is 35.6 Å². The van der Waals surface area contributed by atoms with Gasteiger partial charge in [0, 0.05) is 18.5 Å². The van der Waals surface area contributed by atoms with E-state index in [0.29, 0.717) is 19.7 Å². The molecule has 0 N–H and O–H groups in total. The standard InChI is InChI=1S/C10H12INO2S/c1-7-5-12(2-3-14-7)10(13)8-4-9(11)15-6-8/h4,6-7H,2-3,5H2,1H3. The molecular weight excluding hydrogens is 325 g/mol. The van der Waals surface area contributed by atoms with Crippen molar-refractivity contribution in [2.45, 2.75) is 13.0 Å². The molecule has 1 aromatic heterocycles. The Labute approximate surface area is 107 Å².